The van der Waals surface area contributed by atoms with Crippen molar-refractivity contribution < 1.29 is 23.1 Å². The van der Waals surface area contributed by atoms with E-state index in [1.54, 1.807) is 0 Å². The van der Waals surface area contributed by atoms with Crippen molar-refractivity contribution in [3.63, 3.8) is 0 Å². The molecule has 0 aromatic heterocycles. The molecule has 8 nitrogen and oxygen atoms in total. The topological polar surface area (TPSA) is 116 Å². The molecular formula is C12H25N3O5S. The van der Waals surface area contributed by atoms with Gasteiger partial charge in [-0.3, -0.25) is 0 Å². The van der Waals surface area contributed by atoms with Crippen molar-refractivity contribution in [1.82, 2.24) is 15.5 Å². The number of rotatable bonds is 10. The minimum absolute atomic E-state index is 0.155. The quantitative estimate of drug-likeness (QED) is 0.500. The van der Waals surface area contributed by atoms with Crippen LogP contribution in [0.15, 0.2) is 0 Å². The SMILES string of the molecule is CCN(CC)CCNC(=O)NC(CCS(C)(=O)=O)C(=O)O. The number of carbonyl (C=O) groups is 2. The molecule has 0 bridgehead atoms. The molecule has 0 aliphatic carbocycles. The summed E-state index contributed by atoms with van der Waals surface area (Å²) < 4.78 is 22.1. The standard InChI is InChI=1S/C12H25N3O5S/c1-4-15(5-2)8-7-13-12(18)14-10(11(16)17)6-9-21(3,19)20/h10H,4-9H2,1-3H3,(H,16,17)(H2,13,14,18). The van der Waals surface area contributed by atoms with Crippen LogP contribution in [0.3, 0.4) is 0 Å². The van der Waals surface area contributed by atoms with Gasteiger partial charge in [0.05, 0.1) is 5.75 Å². The van der Waals surface area contributed by atoms with Gasteiger partial charge in [0.25, 0.3) is 0 Å². The minimum Gasteiger partial charge on any atom is -0.480 e. The number of aliphatic carboxylic acids is 1. The van der Waals surface area contributed by atoms with Gasteiger partial charge in [0.1, 0.15) is 15.9 Å². The van der Waals surface area contributed by atoms with E-state index in [1.165, 1.54) is 0 Å². The summed E-state index contributed by atoms with van der Waals surface area (Å²) in [4.78, 5) is 24.7. The number of hydrogen-bond acceptors (Lipinski definition) is 5. The fraction of sp³-hybridized carbons (Fsp3) is 0.833. The maximum atomic E-state index is 11.6. The summed E-state index contributed by atoms with van der Waals surface area (Å²) in [6.07, 6.45) is 0.869. The molecular weight excluding hydrogens is 298 g/mol. The molecule has 0 rings (SSSR count). The van der Waals surface area contributed by atoms with Gasteiger partial charge >= 0.3 is 12.0 Å². The third-order valence-electron chi connectivity index (χ3n) is 2.99. The Balaban J connectivity index is 4.21. The lowest BCUT2D eigenvalue weighted by Crippen LogP contribution is -2.48. The van der Waals surface area contributed by atoms with E-state index < -0.39 is 27.9 Å². The van der Waals surface area contributed by atoms with Gasteiger partial charge in [-0.05, 0) is 19.5 Å². The molecule has 0 aliphatic rings. The number of nitrogens with one attached hydrogen (secondary N) is 2. The molecule has 0 aliphatic heterocycles. The normalized spacial score (nSPS) is 13.0. The van der Waals surface area contributed by atoms with Crippen molar-refractivity contribution in [3.8, 4) is 0 Å². The van der Waals surface area contributed by atoms with Crippen LogP contribution in [0.4, 0.5) is 4.79 Å². The van der Waals surface area contributed by atoms with E-state index in [0.29, 0.717) is 13.1 Å². The van der Waals surface area contributed by atoms with Gasteiger partial charge in [-0.1, -0.05) is 13.8 Å². The summed E-state index contributed by atoms with van der Waals surface area (Å²) >= 11 is 0. The Labute approximate surface area is 125 Å². The number of urea groups is 1. The zero-order chi connectivity index (χ0) is 16.5. The lowest BCUT2D eigenvalue weighted by atomic mass is 10.2. The number of carboxylic acids is 1. The molecule has 0 radical (unpaired) electrons. The maximum Gasteiger partial charge on any atom is 0.326 e. The molecule has 0 heterocycles. The second kappa shape index (κ2) is 9.56. The molecule has 0 spiro atoms. The van der Waals surface area contributed by atoms with Crippen molar-refractivity contribution in [2.45, 2.75) is 26.3 Å². The Morgan fingerprint density at radius 1 is 1.24 bits per heavy atom. The number of carbonyl (C=O) groups excluding carboxylic acids is 1. The first-order valence-electron chi connectivity index (χ1n) is 6.86. The molecule has 3 N–H and O–H groups in total. The molecule has 0 fully saturated rings. The Bertz CT molecular complexity index is 434. The summed E-state index contributed by atoms with van der Waals surface area (Å²) in [6, 6.07) is -1.82. The molecule has 0 aromatic carbocycles. The van der Waals surface area contributed by atoms with E-state index in [-0.39, 0.29) is 12.2 Å². The summed E-state index contributed by atoms with van der Waals surface area (Å²) in [6.45, 7) is 6.82. The van der Waals surface area contributed by atoms with Crippen molar-refractivity contribution >= 4 is 21.8 Å². The highest BCUT2D eigenvalue weighted by molar-refractivity contribution is 7.90. The highest BCUT2D eigenvalue weighted by Crippen LogP contribution is 1.97. The van der Waals surface area contributed by atoms with Crippen molar-refractivity contribution in [2.75, 3.05) is 38.2 Å². The van der Waals surface area contributed by atoms with Gasteiger partial charge in [0, 0.05) is 19.3 Å². The fourth-order valence-corrected chi connectivity index (χ4v) is 2.33. The second-order valence-corrected chi connectivity index (χ2v) is 7.00. The van der Waals surface area contributed by atoms with Gasteiger partial charge in [0.15, 0.2) is 0 Å². The van der Waals surface area contributed by atoms with E-state index >= 15 is 0 Å². The average molecular weight is 323 g/mol. The van der Waals surface area contributed by atoms with Crippen LogP contribution < -0.4 is 10.6 Å². The smallest absolute Gasteiger partial charge is 0.326 e. The molecule has 1 atom stereocenters. The molecule has 0 saturated carbocycles. The number of amides is 2. The van der Waals surface area contributed by atoms with E-state index in [4.69, 9.17) is 5.11 Å². The third-order valence-corrected chi connectivity index (χ3v) is 3.97. The zero-order valence-electron chi connectivity index (χ0n) is 12.8. The fourth-order valence-electron chi connectivity index (χ4n) is 1.67. The van der Waals surface area contributed by atoms with Crippen molar-refractivity contribution in [2.24, 2.45) is 0 Å². The molecule has 21 heavy (non-hydrogen) atoms. The summed E-state index contributed by atoms with van der Waals surface area (Å²) in [5.41, 5.74) is 0. The van der Waals surface area contributed by atoms with Crippen LogP contribution in [-0.2, 0) is 14.6 Å². The van der Waals surface area contributed by atoms with Gasteiger partial charge in [0.2, 0.25) is 0 Å². The Kier molecular flexibility index (Phi) is 8.95. The van der Waals surface area contributed by atoms with Crippen LogP contribution >= 0.6 is 0 Å². The van der Waals surface area contributed by atoms with E-state index in [2.05, 4.69) is 15.5 Å². The lowest BCUT2D eigenvalue weighted by Gasteiger charge is -2.19. The Morgan fingerprint density at radius 3 is 2.24 bits per heavy atom. The summed E-state index contributed by atoms with van der Waals surface area (Å²) in [5, 5.41) is 13.8. The van der Waals surface area contributed by atoms with Crippen LogP contribution in [-0.4, -0.2) is 74.7 Å². The van der Waals surface area contributed by atoms with E-state index in [1.807, 2.05) is 13.8 Å². The Morgan fingerprint density at radius 2 is 1.81 bits per heavy atom. The predicted octanol–water partition coefficient (Wildman–Crippen LogP) is -0.485. The van der Waals surface area contributed by atoms with E-state index in [0.717, 1.165) is 19.3 Å². The lowest BCUT2D eigenvalue weighted by molar-refractivity contribution is -0.139. The summed E-state index contributed by atoms with van der Waals surface area (Å²) in [7, 11) is -3.27. The van der Waals surface area contributed by atoms with Crippen LogP contribution in [0.25, 0.3) is 0 Å². The molecule has 1 unspecified atom stereocenters. The van der Waals surface area contributed by atoms with Gasteiger partial charge in [-0.25, -0.2) is 18.0 Å². The van der Waals surface area contributed by atoms with Crippen molar-refractivity contribution in [3.05, 3.63) is 0 Å². The summed E-state index contributed by atoms with van der Waals surface area (Å²) in [5.74, 6) is -1.54. The van der Waals surface area contributed by atoms with Crippen LogP contribution in [0.2, 0.25) is 0 Å². The number of carboxylic acid groups (broad SMARTS) is 1. The highest BCUT2D eigenvalue weighted by Gasteiger charge is 2.21. The number of sulfone groups is 1. The molecule has 0 saturated heterocycles. The van der Waals surface area contributed by atoms with E-state index in [9.17, 15) is 18.0 Å². The molecule has 9 heteroatoms. The number of likely N-dealkylation sites (N-methyl/N-ethyl adjacent to an activating group) is 1. The largest absolute Gasteiger partial charge is 0.480 e. The van der Waals surface area contributed by atoms with Crippen LogP contribution in [0.5, 0.6) is 0 Å². The molecule has 124 valence electrons. The zero-order valence-corrected chi connectivity index (χ0v) is 13.6. The molecule has 0 aromatic rings. The predicted molar refractivity (Wildman–Crippen MR) is 80.1 cm³/mol. The Hall–Kier alpha value is -1.35. The number of hydrogen-bond donors (Lipinski definition) is 3. The van der Waals surface area contributed by atoms with Gasteiger partial charge in [-0.2, -0.15) is 0 Å². The van der Waals surface area contributed by atoms with Gasteiger partial charge in [-0.15, -0.1) is 0 Å². The highest BCUT2D eigenvalue weighted by atomic mass is 32.2. The average Bonchev–Trinajstić information content (AvgIpc) is 2.38. The first-order chi connectivity index (χ1) is 9.69. The maximum absolute atomic E-state index is 11.6. The van der Waals surface area contributed by atoms with Crippen LogP contribution in [0.1, 0.15) is 20.3 Å². The van der Waals surface area contributed by atoms with Gasteiger partial charge < -0.3 is 20.6 Å². The monoisotopic (exact) mass is 323 g/mol. The third kappa shape index (κ3) is 10.1. The second-order valence-electron chi connectivity index (χ2n) is 4.74. The first-order valence-corrected chi connectivity index (χ1v) is 8.92. The number of nitrogens with zero attached hydrogens (tertiary/aromatic N) is 1. The van der Waals surface area contributed by atoms with Crippen molar-refractivity contribution in [1.29, 1.82) is 0 Å². The molecule has 2 amide bonds. The first kappa shape index (κ1) is 19.7. The minimum atomic E-state index is -3.27. The van der Waals surface area contributed by atoms with Crippen LogP contribution in [0, 0.1) is 0 Å².